The summed E-state index contributed by atoms with van der Waals surface area (Å²) in [5, 5.41) is 17.7. The van der Waals surface area contributed by atoms with Crippen LogP contribution in [0.4, 0.5) is 0 Å². The quantitative estimate of drug-likeness (QED) is 0.589. The predicted octanol–water partition coefficient (Wildman–Crippen LogP) is 1.07. The van der Waals surface area contributed by atoms with Crippen molar-refractivity contribution in [1.82, 2.24) is 0 Å². The fourth-order valence-corrected chi connectivity index (χ4v) is 1.14. The lowest BCUT2D eigenvalue weighted by molar-refractivity contribution is 0.0848. The number of methoxy groups -OCH3 is 1. The van der Waals surface area contributed by atoms with Crippen molar-refractivity contribution in [1.29, 1.82) is 5.26 Å². The molecule has 15 heavy (non-hydrogen) atoms. The number of aliphatic hydroxyl groups excluding tert-OH is 1. The van der Waals surface area contributed by atoms with Crippen molar-refractivity contribution in [2.24, 2.45) is 0 Å². The molecule has 0 saturated carbocycles. The molecule has 0 aliphatic carbocycles. The fraction of sp³-hybridized carbons (Fsp3) is 0.273. The molecule has 0 aliphatic rings. The lowest BCUT2D eigenvalue weighted by Crippen LogP contribution is -2.07. The number of rotatable bonds is 4. The molecular weight excluding hydrogens is 194 g/mol. The molecule has 4 nitrogen and oxygen atoms in total. The Balaban J connectivity index is 2.81. The highest BCUT2D eigenvalue weighted by Gasteiger charge is 2.08. The molecule has 78 valence electrons. The molecule has 4 heteroatoms. The van der Waals surface area contributed by atoms with Crippen molar-refractivity contribution in [3.05, 3.63) is 35.4 Å². The number of aliphatic hydroxyl groups is 1. The van der Waals surface area contributed by atoms with E-state index in [4.69, 9.17) is 10.00 Å². The molecule has 0 saturated heterocycles. The summed E-state index contributed by atoms with van der Waals surface area (Å²) in [6, 6.07) is 7.94. The van der Waals surface area contributed by atoms with E-state index in [1.807, 2.05) is 0 Å². The van der Waals surface area contributed by atoms with E-state index < -0.39 is 6.10 Å². The van der Waals surface area contributed by atoms with E-state index in [0.717, 1.165) is 0 Å². The summed E-state index contributed by atoms with van der Waals surface area (Å²) in [6.07, 6.45) is -1.14. The van der Waals surface area contributed by atoms with Crippen molar-refractivity contribution in [2.75, 3.05) is 13.7 Å². The van der Waals surface area contributed by atoms with Crippen LogP contribution in [0.2, 0.25) is 0 Å². The van der Waals surface area contributed by atoms with Gasteiger partial charge in [-0.3, -0.25) is 4.79 Å². The summed E-state index contributed by atoms with van der Waals surface area (Å²) in [5.41, 5.74) is 0.984. The van der Waals surface area contributed by atoms with Gasteiger partial charge in [0.2, 0.25) is 0 Å². The van der Waals surface area contributed by atoms with E-state index in [1.54, 1.807) is 30.3 Å². The Morgan fingerprint density at radius 3 is 2.60 bits per heavy atom. The summed E-state index contributed by atoms with van der Waals surface area (Å²) in [6.45, 7) is 0.0279. The fourth-order valence-electron chi connectivity index (χ4n) is 1.14. The average Bonchev–Trinajstić information content (AvgIpc) is 2.28. The van der Waals surface area contributed by atoms with Crippen LogP contribution in [0.1, 0.15) is 22.0 Å². The number of carbonyl (C=O) groups excluding carboxylic acids is 1. The monoisotopic (exact) mass is 205 g/mol. The minimum absolute atomic E-state index is 0.0279. The Morgan fingerprint density at radius 2 is 2.13 bits per heavy atom. The molecule has 1 N–H and O–H groups in total. The maximum Gasteiger partial charge on any atom is 0.188 e. The molecule has 0 aromatic heterocycles. The topological polar surface area (TPSA) is 70.3 Å². The van der Waals surface area contributed by atoms with Crippen LogP contribution >= 0.6 is 0 Å². The summed E-state index contributed by atoms with van der Waals surface area (Å²) >= 11 is 0. The summed E-state index contributed by atoms with van der Waals surface area (Å²) < 4.78 is 4.71. The number of Topliss-reactive ketones (excluding diaryl/α,β-unsaturated/α-hetero) is 1. The zero-order valence-corrected chi connectivity index (χ0v) is 8.30. The van der Waals surface area contributed by atoms with Crippen LogP contribution in [-0.4, -0.2) is 24.6 Å². The van der Waals surface area contributed by atoms with Gasteiger partial charge in [-0.1, -0.05) is 24.3 Å². The second-order valence-electron chi connectivity index (χ2n) is 3.01. The Morgan fingerprint density at radius 1 is 1.53 bits per heavy atom. The molecule has 1 rings (SSSR count). The smallest absolute Gasteiger partial charge is 0.188 e. The molecule has 0 fully saturated rings. The number of hydrogen-bond acceptors (Lipinski definition) is 4. The summed E-state index contributed by atoms with van der Waals surface area (Å²) in [4.78, 5) is 11.3. The van der Waals surface area contributed by atoms with Crippen LogP contribution in [0, 0.1) is 11.3 Å². The molecule has 1 aromatic carbocycles. The van der Waals surface area contributed by atoms with Crippen LogP contribution in [0.15, 0.2) is 24.3 Å². The minimum Gasteiger partial charge on any atom is -0.377 e. The first-order valence-corrected chi connectivity index (χ1v) is 4.39. The molecule has 0 bridgehead atoms. The normalized spacial score (nSPS) is 11.8. The van der Waals surface area contributed by atoms with Crippen molar-refractivity contribution < 1.29 is 14.6 Å². The largest absolute Gasteiger partial charge is 0.377 e. The molecule has 0 radical (unpaired) electrons. The third-order valence-corrected chi connectivity index (χ3v) is 1.95. The van der Waals surface area contributed by atoms with Gasteiger partial charge in [0.25, 0.3) is 0 Å². The van der Waals surface area contributed by atoms with E-state index in [0.29, 0.717) is 11.1 Å². The van der Waals surface area contributed by atoms with Crippen LogP contribution in [0.3, 0.4) is 0 Å². The predicted molar refractivity (Wildman–Crippen MR) is 53.2 cm³/mol. The van der Waals surface area contributed by atoms with Gasteiger partial charge in [0.05, 0.1) is 6.07 Å². The Kier molecular flexibility index (Phi) is 3.98. The average molecular weight is 205 g/mol. The van der Waals surface area contributed by atoms with Crippen molar-refractivity contribution >= 4 is 5.78 Å². The first-order valence-electron chi connectivity index (χ1n) is 4.39. The highest BCUT2D eigenvalue weighted by atomic mass is 16.5. The Hall–Kier alpha value is -1.70. The SMILES string of the molecule is COCC(=O)c1ccc([C@H](O)C#N)cc1. The first kappa shape index (κ1) is 11.4. The molecule has 0 amide bonds. The van der Waals surface area contributed by atoms with Gasteiger partial charge in [-0.05, 0) is 5.56 Å². The highest BCUT2D eigenvalue weighted by Crippen LogP contribution is 2.13. The lowest BCUT2D eigenvalue weighted by Gasteiger charge is -2.03. The third-order valence-electron chi connectivity index (χ3n) is 1.95. The number of ketones is 1. The summed E-state index contributed by atoms with van der Waals surface area (Å²) in [7, 11) is 1.45. The molecule has 1 aromatic rings. The molecular formula is C11H11NO3. The van der Waals surface area contributed by atoms with Gasteiger partial charge < -0.3 is 9.84 Å². The Bertz CT molecular complexity index is 378. The van der Waals surface area contributed by atoms with E-state index in [-0.39, 0.29) is 12.4 Å². The van der Waals surface area contributed by atoms with Gasteiger partial charge in [0, 0.05) is 12.7 Å². The van der Waals surface area contributed by atoms with Crippen molar-refractivity contribution in [3.63, 3.8) is 0 Å². The molecule has 0 aliphatic heterocycles. The van der Waals surface area contributed by atoms with E-state index in [2.05, 4.69) is 0 Å². The van der Waals surface area contributed by atoms with Crippen LogP contribution in [-0.2, 0) is 4.74 Å². The maximum atomic E-state index is 11.3. The van der Waals surface area contributed by atoms with E-state index in [1.165, 1.54) is 7.11 Å². The number of carbonyl (C=O) groups is 1. The van der Waals surface area contributed by atoms with Crippen LogP contribution < -0.4 is 0 Å². The van der Waals surface area contributed by atoms with Gasteiger partial charge in [-0.25, -0.2) is 0 Å². The van der Waals surface area contributed by atoms with Crippen LogP contribution in [0.25, 0.3) is 0 Å². The Labute approximate surface area is 87.7 Å². The van der Waals surface area contributed by atoms with Gasteiger partial charge in [0.15, 0.2) is 11.9 Å². The zero-order chi connectivity index (χ0) is 11.3. The second kappa shape index (κ2) is 5.25. The van der Waals surface area contributed by atoms with E-state index >= 15 is 0 Å². The van der Waals surface area contributed by atoms with Gasteiger partial charge >= 0.3 is 0 Å². The maximum absolute atomic E-state index is 11.3. The van der Waals surface area contributed by atoms with Gasteiger partial charge in [-0.2, -0.15) is 5.26 Å². The number of benzene rings is 1. The number of hydrogen-bond donors (Lipinski definition) is 1. The van der Waals surface area contributed by atoms with Crippen LogP contribution in [0.5, 0.6) is 0 Å². The minimum atomic E-state index is -1.14. The zero-order valence-electron chi connectivity index (χ0n) is 8.30. The summed E-state index contributed by atoms with van der Waals surface area (Å²) in [5.74, 6) is -0.129. The molecule has 0 heterocycles. The highest BCUT2D eigenvalue weighted by molar-refractivity contribution is 5.97. The lowest BCUT2D eigenvalue weighted by atomic mass is 10.1. The second-order valence-corrected chi connectivity index (χ2v) is 3.01. The molecule has 0 spiro atoms. The first-order chi connectivity index (χ1) is 7.19. The van der Waals surface area contributed by atoms with Crippen molar-refractivity contribution in [3.8, 4) is 6.07 Å². The number of nitrogens with zero attached hydrogens (tertiary/aromatic N) is 1. The number of ether oxygens (including phenoxy) is 1. The molecule has 1 atom stereocenters. The standard InChI is InChI=1S/C11H11NO3/c1-15-7-11(14)9-4-2-8(3-5-9)10(13)6-12/h2-5,10,13H,7H2,1H3/t10-/m1/s1. The van der Waals surface area contributed by atoms with Gasteiger partial charge in [-0.15, -0.1) is 0 Å². The van der Waals surface area contributed by atoms with Gasteiger partial charge in [0.1, 0.15) is 6.61 Å². The third kappa shape index (κ3) is 2.88. The molecule has 0 unspecified atom stereocenters. The number of nitriles is 1. The van der Waals surface area contributed by atoms with E-state index in [9.17, 15) is 9.90 Å². The van der Waals surface area contributed by atoms with Crippen molar-refractivity contribution in [2.45, 2.75) is 6.10 Å².